The lowest BCUT2D eigenvalue weighted by Gasteiger charge is -2.24. The van der Waals surface area contributed by atoms with E-state index >= 15 is 0 Å². The molecule has 1 aromatic heterocycles. The Bertz CT molecular complexity index is 434. The molecule has 1 aliphatic rings. The molecule has 1 aromatic rings. The predicted molar refractivity (Wildman–Crippen MR) is 63.2 cm³/mol. The summed E-state index contributed by atoms with van der Waals surface area (Å²) >= 11 is 3.24. The van der Waals surface area contributed by atoms with Crippen molar-refractivity contribution in [2.75, 3.05) is 0 Å². The van der Waals surface area contributed by atoms with Crippen LogP contribution in [0.4, 0.5) is 0 Å². The zero-order valence-corrected chi connectivity index (χ0v) is 10.0. The predicted octanol–water partition coefficient (Wildman–Crippen LogP) is 2.42. The van der Waals surface area contributed by atoms with Gasteiger partial charge in [-0.2, -0.15) is 0 Å². The van der Waals surface area contributed by atoms with E-state index in [-0.39, 0.29) is 5.56 Å². The fourth-order valence-electron chi connectivity index (χ4n) is 1.67. The Morgan fingerprint density at radius 2 is 2.40 bits per heavy atom. The van der Waals surface area contributed by atoms with E-state index in [2.05, 4.69) is 27.5 Å². The topological polar surface area (TPSA) is 34.9 Å². The molecule has 0 saturated heterocycles. The molecule has 0 atom stereocenters. The Balaban J connectivity index is 2.22. The molecule has 0 bridgehead atoms. The molecule has 0 N–H and O–H groups in total. The fraction of sp³-hybridized carbons (Fsp3) is 0.455. The van der Waals surface area contributed by atoms with E-state index in [4.69, 9.17) is 0 Å². The highest BCUT2D eigenvalue weighted by atomic mass is 79.9. The Morgan fingerprint density at radius 3 is 2.87 bits per heavy atom. The van der Waals surface area contributed by atoms with Crippen molar-refractivity contribution in [2.24, 2.45) is 0 Å². The molecular weight excluding hydrogens is 256 g/mol. The zero-order chi connectivity index (χ0) is 10.8. The van der Waals surface area contributed by atoms with Crippen LogP contribution in [0.3, 0.4) is 0 Å². The minimum absolute atomic E-state index is 0.00694. The van der Waals surface area contributed by atoms with Crippen molar-refractivity contribution in [1.29, 1.82) is 0 Å². The van der Waals surface area contributed by atoms with Gasteiger partial charge in [-0.05, 0) is 12.8 Å². The SMILES string of the molecule is C=C(Br)Cn1cnc(C2CCC2)cc1=O. The molecule has 1 saturated carbocycles. The van der Waals surface area contributed by atoms with Gasteiger partial charge in [0.25, 0.3) is 5.56 Å². The number of halogens is 1. The molecule has 15 heavy (non-hydrogen) atoms. The zero-order valence-electron chi connectivity index (χ0n) is 8.45. The molecule has 0 spiro atoms. The molecule has 4 heteroatoms. The summed E-state index contributed by atoms with van der Waals surface area (Å²) in [7, 11) is 0. The van der Waals surface area contributed by atoms with E-state index in [9.17, 15) is 4.79 Å². The van der Waals surface area contributed by atoms with Crippen LogP contribution in [0.1, 0.15) is 30.9 Å². The van der Waals surface area contributed by atoms with E-state index in [1.54, 1.807) is 17.0 Å². The van der Waals surface area contributed by atoms with E-state index in [1.165, 1.54) is 19.3 Å². The van der Waals surface area contributed by atoms with Crippen molar-refractivity contribution in [2.45, 2.75) is 31.7 Å². The molecule has 1 aliphatic carbocycles. The van der Waals surface area contributed by atoms with Crippen molar-refractivity contribution < 1.29 is 0 Å². The minimum Gasteiger partial charge on any atom is -0.294 e. The van der Waals surface area contributed by atoms with Gasteiger partial charge in [-0.1, -0.05) is 28.9 Å². The van der Waals surface area contributed by atoms with Gasteiger partial charge < -0.3 is 0 Å². The number of hydrogen-bond acceptors (Lipinski definition) is 2. The third-order valence-electron chi connectivity index (χ3n) is 2.77. The first kappa shape index (κ1) is 10.6. The molecule has 0 unspecified atom stereocenters. The Morgan fingerprint density at radius 1 is 1.67 bits per heavy atom. The second-order valence-corrected chi connectivity index (χ2v) is 5.05. The van der Waals surface area contributed by atoms with Crippen LogP contribution in [-0.4, -0.2) is 9.55 Å². The molecule has 0 aromatic carbocycles. The Hall–Kier alpha value is -0.900. The lowest BCUT2D eigenvalue weighted by molar-refractivity contribution is 0.409. The van der Waals surface area contributed by atoms with Crippen molar-refractivity contribution in [1.82, 2.24) is 9.55 Å². The van der Waals surface area contributed by atoms with E-state index in [0.29, 0.717) is 12.5 Å². The maximum atomic E-state index is 11.7. The van der Waals surface area contributed by atoms with Gasteiger partial charge in [-0.25, -0.2) is 4.98 Å². The van der Waals surface area contributed by atoms with Gasteiger partial charge in [0.1, 0.15) is 0 Å². The smallest absolute Gasteiger partial charge is 0.253 e. The number of nitrogens with zero attached hydrogens (tertiary/aromatic N) is 2. The first-order valence-electron chi connectivity index (χ1n) is 5.06. The van der Waals surface area contributed by atoms with Gasteiger partial charge in [-0.3, -0.25) is 9.36 Å². The summed E-state index contributed by atoms with van der Waals surface area (Å²) in [4.78, 5) is 16.0. The van der Waals surface area contributed by atoms with Crippen LogP contribution < -0.4 is 5.56 Å². The normalized spacial score (nSPS) is 16.1. The largest absolute Gasteiger partial charge is 0.294 e. The number of rotatable bonds is 3. The molecule has 0 radical (unpaired) electrons. The van der Waals surface area contributed by atoms with Gasteiger partial charge in [0.2, 0.25) is 0 Å². The summed E-state index contributed by atoms with van der Waals surface area (Å²) in [6, 6.07) is 1.65. The van der Waals surface area contributed by atoms with Crippen molar-refractivity contribution in [3.63, 3.8) is 0 Å². The average molecular weight is 269 g/mol. The molecule has 0 amide bonds. The van der Waals surface area contributed by atoms with Gasteiger partial charge in [-0.15, -0.1) is 0 Å². The highest BCUT2D eigenvalue weighted by molar-refractivity contribution is 9.11. The third kappa shape index (κ3) is 2.37. The molecule has 0 aliphatic heterocycles. The van der Waals surface area contributed by atoms with Gasteiger partial charge in [0.15, 0.2) is 0 Å². The lowest BCUT2D eigenvalue weighted by atomic mass is 9.83. The van der Waals surface area contributed by atoms with Crippen LogP contribution in [0, 0.1) is 0 Å². The Kier molecular flexibility index (Phi) is 3.05. The molecule has 80 valence electrons. The van der Waals surface area contributed by atoms with Crippen LogP contribution in [0.25, 0.3) is 0 Å². The van der Waals surface area contributed by atoms with Crippen molar-refractivity contribution in [3.8, 4) is 0 Å². The molecule has 1 fully saturated rings. The summed E-state index contributed by atoms with van der Waals surface area (Å²) in [6.07, 6.45) is 5.21. The van der Waals surface area contributed by atoms with Crippen molar-refractivity contribution >= 4 is 15.9 Å². The second-order valence-electron chi connectivity index (χ2n) is 3.93. The maximum absolute atomic E-state index is 11.7. The van der Waals surface area contributed by atoms with Crippen LogP contribution in [0.15, 0.2) is 28.2 Å². The summed E-state index contributed by atoms with van der Waals surface area (Å²) in [5.41, 5.74) is 0.954. The van der Waals surface area contributed by atoms with Crippen LogP contribution in [-0.2, 0) is 6.54 Å². The highest BCUT2D eigenvalue weighted by Gasteiger charge is 2.21. The summed E-state index contributed by atoms with van der Waals surface area (Å²) < 4.78 is 2.34. The molecule has 2 rings (SSSR count). The first-order valence-corrected chi connectivity index (χ1v) is 5.86. The standard InChI is InChI=1S/C11H13BrN2O/c1-8(12)6-14-7-13-10(5-11(14)15)9-3-2-4-9/h5,7,9H,1-4,6H2. The van der Waals surface area contributed by atoms with E-state index < -0.39 is 0 Å². The average Bonchev–Trinajstić information content (AvgIpc) is 2.06. The van der Waals surface area contributed by atoms with Gasteiger partial charge in [0.05, 0.1) is 18.6 Å². The highest BCUT2D eigenvalue weighted by Crippen LogP contribution is 2.34. The summed E-state index contributed by atoms with van der Waals surface area (Å²) in [5, 5.41) is 0. The fourth-order valence-corrected chi connectivity index (χ4v) is 1.94. The lowest BCUT2D eigenvalue weighted by Crippen LogP contribution is -2.23. The number of aromatic nitrogens is 2. The monoisotopic (exact) mass is 268 g/mol. The third-order valence-corrected chi connectivity index (χ3v) is 3.02. The quantitative estimate of drug-likeness (QED) is 0.844. The number of hydrogen-bond donors (Lipinski definition) is 0. The summed E-state index contributed by atoms with van der Waals surface area (Å²) in [5.74, 6) is 0.513. The maximum Gasteiger partial charge on any atom is 0.253 e. The Labute approximate surface area is 97.0 Å². The first-order chi connectivity index (χ1) is 7.16. The van der Waals surface area contributed by atoms with Crippen molar-refractivity contribution in [3.05, 3.63) is 39.5 Å². The second kappa shape index (κ2) is 4.31. The van der Waals surface area contributed by atoms with Gasteiger partial charge >= 0.3 is 0 Å². The molecule has 1 heterocycles. The van der Waals surface area contributed by atoms with Crippen LogP contribution in [0.2, 0.25) is 0 Å². The summed E-state index contributed by atoms with van der Waals surface area (Å²) in [6.45, 7) is 4.19. The number of allylic oxidation sites excluding steroid dienone is 1. The van der Waals surface area contributed by atoms with Crippen LogP contribution >= 0.6 is 15.9 Å². The minimum atomic E-state index is 0.00694. The van der Waals surface area contributed by atoms with Crippen LogP contribution in [0.5, 0.6) is 0 Å². The van der Waals surface area contributed by atoms with E-state index in [1.807, 2.05) is 0 Å². The molecular formula is C11H13BrN2O. The molecule has 3 nitrogen and oxygen atoms in total. The van der Waals surface area contributed by atoms with Gasteiger partial charge in [0, 0.05) is 16.5 Å². The van der Waals surface area contributed by atoms with E-state index in [0.717, 1.165) is 10.2 Å².